The Kier molecular flexibility index (Phi) is 6.30. The van der Waals surface area contributed by atoms with Crippen molar-refractivity contribution < 1.29 is 27.4 Å². The Hall–Kier alpha value is -2.78. The van der Waals surface area contributed by atoms with Crippen molar-refractivity contribution in [3.63, 3.8) is 0 Å². The second-order valence-electron chi connectivity index (χ2n) is 8.20. The SMILES string of the molecule is COc1ccc(C(=O)N2CCC[C@H]2c2ccc3c(c2)OCCO3)cc1S(=O)(=O)NC(C)C. The van der Waals surface area contributed by atoms with Gasteiger partial charge in [-0.15, -0.1) is 0 Å². The highest BCUT2D eigenvalue weighted by molar-refractivity contribution is 7.89. The van der Waals surface area contributed by atoms with Gasteiger partial charge in [-0.25, -0.2) is 13.1 Å². The lowest BCUT2D eigenvalue weighted by Gasteiger charge is -2.27. The van der Waals surface area contributed by atoms with Crippen molar-refractivity contribution in [1.82, 2.24) is 9.62 Å². The number of carbonyl (C=O) groups is 1. The molecule has 2 heterocycles. The van der Waals surface area contributed by atoms with Crippen LogP contribution >= 0.6 is 0 Å². The summed E-state index contributed by atoms with van der Waals surface area (Å²) < 4.78 is 44.7. The monoisotopic (exact) mass is 460 g/mol. The number of benzene rings is 2. The van der Waals surface area contributed by atoms with Crippen LogP contribution in [0.5, 0.6) is 17.2 Å². The van der Waals surface area contributed by atoms with Gasteiger partial charge in [0, 0.05) is 18.2 Å². The molecule has 1 amide bonds. The van der Waals surface area contributed by atoms with E-state index in [1.54, 1.807) is 24.8 Å². The molecule has 1 N–H and O–H groups in total. The first-order chi connectivity index (χ1) is 15.3. The van der Waals surface area contributed by atoms with Gasteiger partial charge in [-0.3, -0.25) is 4.79 Å². The van der Waals surface area contributed by atoms with Gasteiger partial charge >= 0.3 is 0 Å². The number of ether oxygens (including phenoxy) is 3. The molecule has 0 aromatic heterocycles. The van der Waals surface area contributed by atoms with Crippen molar-refractivity contribution in [3.8, 4) is 17.2 Å². The summed E-state index contributed by atoms with van der Waals surface area (Å²) in [5.74, 6) is 1.37. The smallest absolute Gasteiger partial charge is 0.254 e. The molecule has 0 bridgehead atoms. The molecule has 1 saturated heterocycles. The van der Waals surface area contributed by atoms with Crippen LogP contribution in [0.2, 0.25) is 0 Å². The molecule has 2 aromatic carbocycles. The lowest BCUT2D eigenvalue weighted by molar-refractivity contribution is 0.0735. The Balaban J connectivity index is 1.64. The van der Waals surface area contributed by atoms with E-state index < -0.39 is 10.0 Å². The molecule has 4 rings (SSSR count). The second kappa shape index (κ2) is 8.99. The predicted octanol–water partition coefficient (Wildman–Crippen LogP) is 3.13. The molecule has 2 aliphatic rings. The Morgan fingerprint density at radius 1 is 1.12 bits per heavy atom. The number of sulfonamides is 1. The van der Waals surface area contributed by atoms with Gasteiger partial charge in [0.05, 0.1) is 13.2 Å². The van der Waals surface area contributed by atoms with Crippen molar-refractivity contribution in [1.29, 1.82) is 0 Å². The van der Waals surface area contributed by atoms with Crippen LogP contribution in [0.25, 0.3) is 0 Å². The average molecular weight is 461 g/mol. The van der Waals surface area contributed by atoms with Gasteiger partial charge in [0.2, 0.25) is 10.0 Å². The fourth-order valence-corrected chi connectivity index (χ4v) is 5.63. The number of hydrogen-bond acceptors (Lipinski definition) is 6. The van der Waals surface area contributed by atoms with Gasteiger partial charge < -0.3 is 19.1 Å². The zero-order chi connectivity index (χ0) is 22.9. The van der Waals surface area contributed by atoms with Crippen LogP contribution in [0.1, 0.15) is 48.7 Å². The van der Waals surface area contributed by atoms with Crippen LogP contribution in [0.4, 0.5) is 0 Å². The van der Waals surface area contributed by atoms with Crippen molar-refractivity contribution in [2.45, 2.75) is 43.7 Å². The van der Waals surface area contributed by atoms with Crippen molar-refractivity contribution in [2.24, 2.45) is 0 Å². The number of rotatable bonds is 6. The summed E-state index contributed by atoms with van der Waals surface area (Å²) in [6.45, 7) is 5.09. The Morgan fingerprint density at radius 2 is 1.88 bits per heavy atom. The van der Waals surface area contributed by atoms with Gasteiger partial charge in [-0.1, -0.05) is 6.07 Å². The molecular formula is C23H28N2O6S. The van der Waals surface area contributed by atoms with Crippen LogP contribution in [0.3, 0.4) is 0 Å². The quantitative estimate of drug-likeness (QED) is 0.712. The van der Waals surface area contributed by atoms with Crippen molar-refractivity contribution in [3.05, 3.63) is 47.5 Å². The highest BCUT2D eigenvalue weighted by Gasteiger charge is 2.32. The molecular weight excluding hydrogens is 432 g/mol. The molecule has 32 heavy (non-hydrogen) atoms. The number of carbonyl (C=O) groups excluding carboxylic acids is 1. The van der Waals surface area contributed by atoms with E-state index in [0.29, 0.717) is 36.8 Å². The Labute approximate surface area is 188 Å². The minimum atomic E-state index is -3.83. The van der Waals surface area contributed by atoms with Crippen LogP contribution in [-0.2, 0) is 10.0 Å². The lowest BCUT2D eigenvalue weighted by Crippen LogP contribution is -2.32. The summed E-state index contributed by atoms with van der Waals surface area (Å²) in [4.78, 5) is 15.2. The molecule has 0 aliphatic carbocycles. The molecule has 0 radical (unpaired) electrons. The van der Waals surface area contributed by atoms with Gasteiger partial charge in [0.1, 0.15) is 23.9 Å². The third kappa shape index (κ3) is 4.40. The normalized spacial score (nSPS) is 18.1. The van der Waals surface area contributed by atoms with Crippen LogP contribution in [-0.4, -0.2) is 52.1 Å². The third-order valence-electron chi connectivity index (χ3n) is 5.56. The summed E-state index contributed by atoms with van der Waals surface area (Å²) in [7, 11) is -2.43. The zero-order valence-electron chi connectivity index (χ0n) is 18.5. The number of methoxy groups -OCH3 is 1. The minimum Gasteiger partial charge on any atom is -0.495 e. The molecule has 1 fully saturated rings. The van der Waals surface area contributed by atoms with Gasteiger partial charge in [0.15, 0.2) is 11.5 Å². The molecule has 8 nitrogen and oxygen atoms in total. The largest absolute Gasteiger partial charge is 0.495 e. The van der Waals surface area contributed by atoms with E-state index in [0.717, 1.165) is 18.4 Å². The summed E-state index contributed by atoms with van der Waals surface area (Å²) in [6, 6.07) is 9.88. The maximum atomic E-state index is 13.4. The predicted molar refractivity (Wildman–Crippen MR) is 119 cm³/mol. The number of nitrogens with one attached hydrogen (secondary N) is 1. The number of hydrogen-bond donors (Lipinski definition) is 1. The summed E-state index contributed by atoms with van der Waals surface area (Å²) in [5, 5.41) is 0. The standard InChI is InChI=1S/C23H28N2O6S/c1-15(2)24-32(27,28)22-14-17(7-9-20(22)29-3)23(26)25-10-4-5-18(25)16-6-8-19-21(13-16)31-12-11-30-19/h6-9,13-15,18,24H,4-5,10-12H2,1-3H3/t18-/m0/s1. The van der Waals surface area contributed by atoms with E-state index in [1.807, 2.05) is 18.2 Å². The summed E-state index contributed by atoms with van der Waals surface area (Å²) in [6.07, 6.45) is 1.68. The third-order valence-corrected chi connectivity index (χ3v) is 7.24. The summed E-state index contributed by atoms with van der Waals surface area (Å²) in [5.41, 5.74) is 1.28. The average Bonchev–Trinajstić information content (AvgIpc) is 3.27. The molecule has 0 spiro atoms. The summed E-state index contributed by atoms with van der Waals surface area (Å²) >= 11 is 0. The van der Waals surface area contributed by atoms with E-state index in [9.17, 15) is 13.2 Å². The van der Waals surface area contributed by atoms with E-state index >= 15 is 0 Å². The first-order valence-electron chi connectivity index (χ1n) is 10.7. The molecule has 0 unspecified atom stereocenters. The Morgan fingerprint density at radius 3 is 2.59 bits per heavy atom. The van der Waals surface area contributed by atoms with Crippen LogP contribution in [0, 0.1) is 0 Å². The van der Waals surface area contributed by atoms with Crippen LogP contribution < -0.4 is 18.9 Å². The number of fused-ring (bicyclic) bond motifs is 1. The van der Waals surface area contributed by atoms with E-state index in [4.69, 9.17) is 14.2 Å². The van der Waals surface area contributed by atoms with Crippen molar-refractivity contribution >= 4 is 15.9 Å². The van der Waals surface area contributed by atoms with Gasteiger partial charge in [-0.05, 0) is 62.6 Å². The molecule has 2 aromatic rings. The fraction of sp³-hybridized carbons (Fsp3) is 0.435. The Bertz CT molecular complexity index is 1120. The maximum absolute atomic E-state index is 13.4. The molecule has 172 valence electrons. The lowest BCUT2D eigenvalue weighted by atomic mass is 10.0. The number of amides is 1. The maximum Gasteiger partial charge on any atom is 0.254 e. The van der Waals surface area contributed by atoms with E-state index in [-0.39, 0.29) is 28.6 Å². The first kappa shape index (κ1) is 22.4. The molecule has 0 saturated carbocycles. The van der Waals surface area contributed by atoms with E-state index in [1.165, 1.54) is 19.2 Å². The first-order valence-corrected chi connectivity index (χ1v) is 12.2. The van der Waals surface area contributed by atoms with Crippen LogP contribution in [0.15, 0.2) is 41.3 Å². The van der Waals surface area contributed by atoms with Crippen molar-refractivity contribution in [2.75, 3.05) is 26.9 Å². The molecule has 2 aliphatic heterocycles. The topological polar surface area (TPSA) is 94.2 Å². The molecule has 1 atom stereocenters. The number of nitrogens with zero attached hydrogens (tertiary/aromatic N) is 1. The van der Waals surface area contributed by atoms with Gasteiger partial charge in [-0.2, -0.15) is 0 Å². The minimum absolute atomic E-state index is 0.0466. The zero-order valence-corrected chi connectivity index (χ0v) is 19.3. The highest BCUT2D eigenvalue weighted by atomic mass is 32.2. The highest BCUT2D eigenvalue weighted by Crippen LogP contribution is 2.39. The molecule has 9 heteroatoms. The van der Waals surface area contributed by atoms with Gasteiger partial charge in [0.25, 0.3) is 5.91 Å². The second-order valence-corrected chi connectivity index (χ2v) is 9.88. The fourth-order valence-electron chi connectivity index (χ4n) is 4.18. The number of likely N-dealkylation sites (tertiary alicyclic amines) is 1. The van der Waals surface area contributed by atoms with E-state index in [2.05, 4.69) is 4.72 Å².